The molecule has 0 fully saturated rings. The van der Waals surface area contributed by atoms with E-state index in [-0.39, 0.29) is 11.1 Å². The Bertz CT molecular complexity index is 739. The van der Waals surface area contributed by atoms with E-state index < -0.39 is 7.60 Å². The zero-order valence-corrected chi connectivity index (χ0v) is 14.6. The molecule has 2 aromatic heterocycles. The third kappa shape index (κ3) is 4.51. The first-order valence-electron chi connectivity index (χ1n) is 7.19. The van der Waals surface area contributed by atoms with Crippen LogP contribution < -0.4 is 5.73 Å². The van der Waals surface area contributed by atoms with Gasteiger partial charge in [0, 0.05) is 12.4 Å². The monoisotopic (exact) mass is 359 g/mol. The highest BCUT2D eigenvalue weighted by atomic mass is 35.5. The molecule has 2 rings (SSSR count). The summed E-state index contributed by atoms with van der Waals surface area (Å²) in [5, 5.41) is 0.221. The normalized spacial score (nSPS) is 12.5. The van der Waals surface area contributed by atoms with E-state index in [1.165, 1.54) is 5.82 Å². The number of anilines is 1. The number of imidazole rings is 1. The van der Waals surface area contributed by atoms with Crippen LogP contribution in [0.5, 0.6) is 0 Å². The second-order valence-electron chi connectivity index (χ2n) is 4.53. The van der Waals surface area contributed by atoms with Gasteiger partial charge in [0.1, 0.15) is 5.52 Å². The number of aromatic nitrogens is 4. The second-order valence-corrected chi connectivity index (χ2v) is 6.78. The van der Waals surface area contributed by atoms with E-state index in [2.05, 4.69) is 15.0 Å². The molecule has 0 amide bonds. The van der Waals surface area contributed by atoms with Crippen molar-refractivity contribution in [1.29, 1.82) is 0 Å². The van der Waals surface area contributed by atoms with Gasteiger partial charge in [-0.2, -0.15) is 9.97 Å². The summed E-state index contributed by atoms with van der Waals surface area (Å²) < 4.78 is 24.4. The number of aryl methyl sites for hydroxylation is 1. The maximum absolute atomic E-state index is 12.3. The lowest BCUT2D eigenvalue weighted by molar-refractivity contribution is 0.229. The predicted molar refractivity (Wildman–Crippen MR) is 89.4 cm³/mol. The van der Waals surface area contributed by atoms with Crippen molar-refractivity contribution >= 4 is 36.3 Å². The van der Waals surface area contributed by atoms with Gasteiger partial charge < -0.3 is 19.3 Å². The number of nitrogens with two attached hydrogens (primary N) is 1. The molecule has 0 aliphatic heterocycles. The molecule has 23 heavy (non-hydrogen) atoms. The summed E-state index contributed by atoms with van der Waals surface area (Å²) >= 11 is 5.98. The van der Waals surface area contributed by atoms with Crippen LogP contribution >= 0.6 is 19.2 Å². The lowest BCUT2D eigenvalue weighted by atomic mass is 10.4. The molecule has 126 valence electrons. The standard InChI is InChI=1S/C13H19ClN5O3P/c1-3-21-23(20,22-4-2)8-6-5-7-19-9-16-10-11(14)17-13(15)18-12(10)19/h6,8-9H,3-5,7H2,1-2H3,(H2,15,17,18)/b8-6-. The van der Waals surface area contributed by atoms with Crippen LogP contribution in [0.4, 0.5) is 5.95 Å². The molecular weight excluding hydrogens is 341 g/mol. The van der Waals surface area contributed by atoms with Gasteiger partial charge in [0.05, 0.1) is 19.5 Å². The van der Waals surface area contributed by atoms with Gasteiger partial charge in [-0.3, -0.25) is 4.57 Å². The molecule has 2 heterocycles. The highest BCUT2D eigenvalue weighted by Gasteiger charge is 2.18. The third-order valence-corrected chi connectivity index (χ3v) is 4.96. The molecule has 0 radical (unpaired) electrons. The molecule has 2 N–H and O–H groups in total. The van der Waals surface area contributed by atoms with E-state index >= 15 is 0 Å². The van der Waals surface area contributed by atoms with Crippen LogP contribution in [0.15, 0.2) is 18.2 Å². The maximum Gasteiger partial charge on any atom is 0.353 e. The molecule has 2 aromatic rings. The quantitative estimate of drug-likeness (QED) is 0.569. The van der Waals surface area contributed by atoms with Crippen LogP contribution in [-0.2, 0) is 20.2 Å². The second kappa shape index (κ2) is 7.88. The first-order chi connectivity index (χ1) is 11.0. The van der Waals surface area contributed by atoms with Gasteiger partial charge >= 0.3 is 7.60 Å². The van der Waals surface area contributed by atoms with E-state index in [9.17, 15) is 4.57 Å². The van der Waals surface area contributed by atoms with Crippen molar-refractivity contribution in [2.24, 2.45) is 0 Å². The Morgan fingerprint density at radius 2 is 2.04 bits per heavy atom. The Hall–Kier alpha value is -1.47. The predicted octanol–water partition coefficient (Wildman–Crippen LogP) is 3.23. The van der Waals surface area contributed by atoms with Gasteiger partial charge in [0.15, 0.2) is 10.8 Å². The Kier molecular flexibility index (Phi) is 6.12. The summed E-state index contributed by atoms with van der Waals surface area (Å²) in [6, 6.07) is 0. The fraction of sp³-hybridized carbons (Fsp3) is 0.462. The third-order valence-electron chi connectivity index (χ3n) is 2.88. The number of hydrogen-bond acceptors (Lipinski definition) is 7. The van der Waals surface area contributed by atoms with Crippen molar-refractivity contribution in [2.75, 3.05) is 18.9 Å². The van der Waals surface area contributed by atoms with Crippen molar-refractivity contribution < 1.29 is 13.6 Å². The van der Waals surface area contributed by atoms with E-state index in [0.29, 0.717) is 37.3 Å². The van der Waals surface area contributed by atoms with Gasteiger partial charge in [-0.15, -0.1) is 0 Å². The van der Waals surface area contributed by atoms with Crippen LogP contribution in [-0.4, -0.2) is 32.7 Å². The minimum atomic E-state index is -3.16. The molecule has 0 aromatic carbocycles. The molecule has 0 atom stereocenters. The summed E-state index contributed by atoms with van der Waals surface area (Å²) in [6.07, 6.45) is 3.96. The van der Waals surface area contributed by atoms with E-state index in [0.717, 1.165) is 0 Å². The van der Waals surface area contributed by atoms with Gasteiger partial charge in [0.2, 0.25) is 5.95 Å². The molecule has 0 saturated heterocycles. The minimum Gasteiger partial charge on any atom is -0.368 e. The molecule has 8 nitrogen and oxygen atoms in total. The number of rotatable bonds is 8. The highest BCUT2D eigenvalue weighted by Crippen LogP contribution is 2.49. The molecule has 0 unspecified atom stereocenters. The van der Waals surface area contributed by atoms with Crippen molar-refractivity contribution in [3.8, 4) is 0 Å². The number of nitrogen functional groups attached to an aromatic ring is 1. The Balaban J connectivity index is 2.07. The summed E-state index contributed by atoms with van der Waals surface area (Å²) in [5.74, 6) is 1.58. The molecule has 0 aliphatic rings. The van der Waals surface area contributed by atoms with E-state index in [1.807, 2.05) is 0 Å². The molecule has 0 saturated carbocycles. The summed E-state index contributed by atoms with van der Waals surface area (Å²) in [4.78, 5) is 12.2. The van der Waals surface area contributed by atoms with Crippen molar-refractivity contribution in [3.63, 3.8) is 0 Å². The number of nitrogens with zero attached hydrogens (tertiary/aromatic N) is 4. The Morgan fingerprint density at radius 1 is 1.35 bits per heavy atom. The Morgan fingerprint density at radius 3 is 2.70 bits per heavy atom. The lowest BCUT2D eigenvalue weighted by Gasteiger charge is -2.12. The van der Waals surface area contributed by atoms with Crippen LogP contribution in [0.1, 0.15) is 20.3 Å². The van der Waals surface area contributed by atoms with Gasteiger partial charge in [-0.25, -0.2) is 4.98 Å². The van der Waals surface area contributed by atoms with E-state index in [4.69, 9.17) is 26.4 Å². The van der Waals surface area contributed by atoms with Gasteiger partial charge in [-0.05, 0) is 20.3 Å². The summed E-state index contributed by atoms with van der Waals surface area (Å²) in [6.45, 7) is 4.75. The number of allylic oxidation sites excluding steroid dienone is 1. The molecule has 10 heteroatoms. The first kappa shape index (κ1) is 17.9. The van der Waals surface area contributed by atoms with Crippen molar-refractivity contribution in [2.45, 2.75) is 26.8 Å². The molecule has 0 bridgehead atoms. The number of fused-ring (bicyclic) bond motifs is 1. The number of halogens is 1. The largest absolute Gasteiger partial charge is 0.368 e. The zero-order valence-electron chi connectivity index (χ0n) is 13.0. The fourth-order valence-corrected chi connectivity index (χ4v) is 3.58. The fourth-order valence-electron chi connectivity index (χ4n) is 1.99. The van der Waals surface area contributed by atoms with Crippen LogP contribution in [0.3, 0.4) is 0 Å². The molecule has 0 aliphatic carbocycles. The SMILES string of the molecule is CCOP(=O)(/C=C\CCn1cnc2c(Cl)nc(N)nc21)OCC. The van der Waals surface area contributed by atoms with Crippen molar-refractivity contribution in [1.82, 2.24) is 19.5 Å². The first-order valence-corrected chi connectivity index (χ1v) is 9.18. The summed E-state index contributed by atoms with van der Waals surface area (Å²) in [5.41, 5.74) is 6.66. The average Bonchev–Trinajstić information content (AvgIpc) is 2.87. The molecule has 0 spiro atoms. The van der Waals surface area contributed by atoms with Crippen LogP contribution in [0.2, 0.25) is 5.15 Å². The smallest absolute Gasteiger partial charge is 0.353 e. The van der Waals surface area contributed by atoms with Gasteiger partial charge in [0.25, 0.3) is 0 Å². The maximum atomic E-state index is 12.3. The topological polar surface area (TPSA) is 105 Å². The number of hydrogen-bond donors (Lipinski definition) is 1. The van der Waals surface area contributed by atoms with Crippen LogP contribution in [0, 0.1) is 0 Å². The Labute approximate surface area is 139 Å². The van der Waals surface area contributed by atoms with E-state index in [1.54, 1.807) is 30.8 Å². The van der Waals surface area contributed by atoms with Crippen LogP contribution in [0.25, 0.3) is 11.2 Å². The lowest BCUT2D eigenvalue weighted by Crippen LogP contribution is -2.01. The van der Waals surface area contributed by atoms with Crippen molar-refractivity contribution in [3.05, 3.63) is 23.4 Å². The highest BCUT2D eigenvalue weighted by molar-refractivity contribution is 7.57. The summed E-state index contributed by atoms with van der Waals surface area (Å²) in [7, 11) is -3.16. The zero-order chi connectivity index (χ0) is 16.9. The minimum absolute atomic E-state index is 0.0944. The molecular formula is C13H19ClN5O3P. The average molecular weight is 360 g/mol. The van der Waals surface area contributed by atoms with Gasteiger partial charge in [-0.1, -0.05) is 17.7 Å².